The van der Waals surface area contributed by atoms with Gasteiger partial charge in [0.15, 0.2) is 0 Å². The third-order valence-electron chi connectivity index (χ3n) is 6.99. The molecule has 1 aromatic rings. The highest BCUT2D eigenvalue weighted by Gasteiger charge is 2.02. The SMILES string of the molecule is CCCCCCCCCCCCCCCCCC(=O)N/N=C\C=C(/CCCCCC)c1ccccc1. The molecule has 204 valence electrons. The van der Waals surface area contributed by atoms with Crippen LogP contribution in [-0.2, 0) is 4.79 Å². The predicted octanol–water partition coefficient (Wildman–Crippen LogP) is 10.4. The molecule has 1 N–H and O–H groups in total. The lowest BCUT2D eigenvalue weighted by atomic mass is 9.99. The number of carbonyl (C=O) groups is 1. The number of unbranched alkanes of at least 4 members (excludes halogenated alkanes) is 17. The summed E-state index contributed by atoms with van der Waals surface area (Å²) in [5.74, 6) is 0.0264. The zero-order valence-corrected chi connectivity index (χ0v) is 23.7. The molecule has 0 aliphatic rings. The summed E-state index contributed by atoms with van der Waals surface area (Å²) in [7, 11) is 0. The Labute approximate surface area is 223 Å². The van der Waals surface area contributed by atoms with Crippen molar-refractivity contribution >= 4 is 17.7 Å². The van der Waals surface area contributed by atoms with Crippen LogP contribution in [0.2, 0.25) is 0 Å². The molecule has 0 unspecified atom stereocenters. The summed E-state index contributed by atoms with van der Waals surface area (Å²) in [5, 5.41) is 4.17. The first-order valence-corrected chi connectivity index (χ1v) is 15.3. The van der Waals surface area contributed by atoms with Gasteiger partial charge in [0.05, 0.1) is 0 Å². The van der Waals surface area contributed by atoms with Gasteiger partial charge in [-0.1, -0.05) is 153 Å². The maximum absolute atomic E-state index is 12.1. The van der Waals surface area contributed by atoms with Crippen molar-refractivity contribution in [2.45, 2.75) is 149 Å². The van der Waals surface area contributed by atoms with Gasteiger partial charge in [-0.3, -0.25) is 4.79 Å². The van der Waals surface area contributed by atoms with E-state index in [0.29, 0.717) is 6.42 Å². The fourth-order valence-electron chi connectivity index (χ4n) is 4.67. The quantitative estimate of drug-likeness (QED) is 0.0863. The van der Waals surface area contributed by atoms with Crippen LogP contribution in [0.4, 0.5) is 0 Å². The number of hydrogen-bond acceptors (Lipinski definition) is 2. The van der Waals surface area contributed by atoms with Crippen LogP contribution >= 0.6 is 0 Å². The molecule has 0 aromatic heterocycles. The number of carbonyl (C=O) groups excluding carboxylic acids is 1. The van der Waals surface area contributed by atoms with Crippen molar-refractivity contribution in [3.05, 3.63) is 42.0 Å². The summed E-state index contributed by atoms with van der Waals surface area (Å²) >= 11 is 0. The molecule has 1 amide bonds. The molecule has 0 radical (unpaired) electrons. The van der Waals surface area contributed by atoms with E-state index in [-0.39, 0.29) is 5.91 Å². The first-order chi connectivity index (χ1) is 17.8. The number of nitrogens with zero attached hydrogens (tertiary/aromatic N) is 1. The lowest BCUT2D eigenvalue weighted by molar-refractivity contribution is -0.121. The van der Waals surface area contributed by atoms with Gasteiger partial charge in [0, 0.05) is 12.6 Å². The summed E-state index contributed by atoms with van der Waals surface area (Å²) in [6.45, 7) is 4.52. The van der Waals surface area contributed by atoms with E-state index < -0.39 is 0 Å². The van der Waals surface area contributed by atoms with E-state index in [9.17, 15) is 4.79 Å². The van der Waals surface area contributed by atoms with Crippen LogP contribution in [0.15, 0.2) is 41.5 Å². The molecule has 0 saturated carbocycles. The summed E-state index contributed by atoms with van der Waals surface area (Å²) in [4.78, 5) is 12.1. The molecule has 1 rings (SSSR count). The molecule has 3 heteroatoms. The van der Waals surface area contributed by atoms with Crippen molar-refractivity contribution in [2.75, 3.05) is 0 Å². The zero-order chi connectivity index (χ0) is 25.9. The Hall–Kier alpha value is -1.90. The number of rotatable bonds is 24. The molecule has 0 saturated heterocycles. The van der Waals surface area contributed by atoms with Crippen LogP contribution in [0.3, 0.4) is 0 Å². The van der Waals surface area contributed by atoms with Gasteiger partial charge in [0.1, 0.15) is 0 Å². The molecule has 36 heavy (non-hydrogen) atoms. The second-order valence-corrected chi connectivity index (χ2v) is 10.4. The van der Waals surface area contributed by atoms with Gasteiger partial charge in [-0.05, 0) is 36.5 Å². The minimum Gasteiger partial charge on any atom is -0.273 e. The van der Waals surface area contributed by atoms with Crippen molar-refractivity contribution in [2.24, 2.45) is 5.10 Å². The third-order valence-corrected chi connectivity index (χ3v) is 6.99. The smallest absolute Gasteiger partial charge is 0.240 e. The van der Waals surface area contributed by atoms with E-state index in [1.54, 1.807) is 6.21 Å². The van der Waals surface area contributed by atoms with Crippen LogP contribution in [-0.4, -0.2) is 12.1 Å². The number of hydrazone groups is 1. The minimum atomic E-state index is 0.0264. The van der Waals surface area contributed by atoms with E-state index in [4.69, 9.17) is 0 Å². The molecule has 0 heterocycles. The average molecular weight is 497 g/mol. The van der Waals surface area contributed by atoms with E-state index in [2.05, 4.69) is 54.7 Å². The maximum atomic E-state index is 12.1. The monoisotopic (exact) mass is 496 g/mol. The van der Waals surface area contributed by atoms with E-state index in [1.807, 2.05) is 6.07 Å². The first-order valence-electron chi connectivity index (χ1n) is 15.3. The normalized spacial score (nSPS) is 11.9. The van der Waals surface area contributed by atoms with Gasteiger partial charge in [0.2, 0.25) is 5.91 Å². The number of amides is 1. The standard InChI is InChI=1S/C33H56N2O/c1-3-5-7-9-10-11-12-13-14-15-16-17-18-19-24-28-33(36)35-34-30-29-32(27-21-8-6-4-2)31-25-22-20-23-26-31/h20,22-23,25-26,29-30H,3-19,21,24,27-28H2,1-2H3,(H,35,36)/b32-29+,34-30-. The number of hydrogen-bond donors (Lipinski definition) is 1. The lowest BCUT2D eigenvalue weighted by Crippen LogP contribution is -2.16. The van der Waals surface area contributed by atoms with Gasteiger partial charge in [-0.2, -0.15) is 5.10 Å². The molecule has 3 nitrogen and oxygen atoms in total. The first kappa shape index (κ1) is 32.1. The van der Waals surface area contributed by atoms with Crippen LogP contribution in [0.25, 0.3) is 5.57 Å². The fourth-order valence-corrected chi connectivity index (χ4v) is 4.67. The number of allylic oxidation sites excluding steroid dienone is 2. The molecule has 0 aliphatic heterocycles. The second kappa shape index (κ2) is 24.8. The summed E-state index contributed by atoms with van der Waals surface area (Å²) < 4.78 is 0. The fraction of sp³-hybridized carbons (Fsp3) is 0.697. The van der Waals surface area contributed by atoms with Gasteiger partial charge in [-0.15, -0.1) is 0 Å². The number of nitrogens with one attached hydrogen (secondary N) is 1. The van der Waals surface area contributed by atoms with Gasteiger partial charge >= 0.3 is 0 Å². The van der Waals surface area contributed by atoms with Crippen LogP contribution < -0.4 is 5.43 Å². The maximum Gasteiger partial charge on any atom is 0.240 e. The molecule has 0 aliphatic carbocycles. The van der Waals surface area contributed by atoms with E-state index in [0.717, 1.165) is 19.3 Å². The van der Waals surface area contributed by atoms with Gasteiger partial charge in [-0.25, -0.2) is 5.43 Å². The van der Waals surface area contributed by atoms with Gasteiger partial charge in [0.25, 0.3) is 0 Å². The van der Waals surface area contributed by atoms with Crippen molar-refractivity contribution in [1.82, 2.24) is 5.43 Å². The molecule has 1 aromatic carbocycles. The van der Waals surface area contributed by atoms with Crippen molar-refractivity contribution in [1.29, 1.82) is 0 Å². The average Bonchev–Trinajstić information content (AvgIpc) is 2.90. The van der Waals surface area contributed by atoms with Crippen molar-refractivity contribution in [3.8, 4) is 0 Å². The predicted molar refractivity (Wildman–Crippen MR) is 159 cm³/mol. The largest absolute Gasteiger partial charge is 0.273 e. The van der Waals surface area contributed by atoms with Crippen LogP contribution in [0.1, 0.15) is 154 Å². The van der Waals surface area contributed by atoms with E-state index >= 15 is 0 Å². The Morgan fingerprint density at radius 2 is 1.08 bits per heavy atom. The lowest BCUT2D eigenvalue weighted by Gasteiger charge is -2.07. The Balaban J connectivity index is 2.06. The summed E-state index contributed by atoms with van der Waals surface area (Å²) in [6.07, 6.45) is 30.5. The summed E-state index contributed by atoms with van der Waals surface area (Å²) in [6, 6.07) is 10.5. The molecule has 0 fully saturated rings. The Morgan fingerprint density at radius 3 is 1.61 bits per heavy atom. The van der Waals surface area contributed by atoms with Gasteiger partial charge < -0.3 is 0 Å². The number of benzene rings is 1. The Bertz CT molecular complexity index is 680. The van der Waals surface area contributed by atoms with E-state index in [1.165, 1.54) is 120 Å². The topological polar surface area (TPSA) is 41.5 Å². The minimum absolute atomic E-state index is 0.0264. The van der Waals surface area contributed by atoms with Crippen molar-refractivity contribution < 1.29 is 4.79 Å². The Morgan fingerprint density at radius 1 is 0.639 bits per heavy atom. The highest BCUT2D eigenvalue weighted by atomic mass is 16.2. The molecular formula is C33H56N2O. The van der Waals surface area contributed by atoms with Crippen LogP contribution in [0, 0.1) is 0 Å². The van der Waals surface area contributed by atoms with Crippen LogP contribution in [0.5, 0.6) is 0 Å². The molecule has 0 bridgehead atoms. The second-order valence-electron chi connectivity index (χ2n) is 10.4. The van der Waals surface area contributed by atoms with Crippen molar-refractivity contribution in [3.63, 3.8) is 0 Å². The molecular weight excluding hydrogens is 440 g/mol. The third kappa shape index (κ3) is 19.3. The Kier molecular flexibility index (Phi) is 22.1. The summed E-state index contributed by atoms with van der Waals surface area (Å²) in [5.41, 5.74) is 5.23. The highest BCUT2D eigenvalue weighted by molar-refractivity contribution is 5.85. The zero-order valence-electron chi connectivity index (χ0n) is 23.7. The molecule has 0 atom stereocenters. The molecule has 0 spiro atoms. The highest BCUT2D eigenvalue weighted by Crippen LogP contribution is 2.21.